The molecule has 1 atom stereocenters. The number of halogens is 5. The van der Waals surface area contributed by atoms with Gasteiger partial charge in [0.2, 0.25) is 10.0 Å². The molecule has 1 amide bonds. The van der Waals surface area contributed by atoms with Gasteiger partial charge in [-0.25, -0.2) is 12.8 Å². The monoisotopic (exact) mass is 478 g/mol. The summed E-state index contributed by atoms with van der Waals surface area (Å²) in [7, 11) is -3.88. The van der Waals surface area contributed by atoms with Gasteiger partial charge < -0.3 is 5.32 Å². The van der Waals surface area contributed by atoms with E-state index in [1.54, 1.807) is 13.0 Å². The Hall–Kier alpha value is -2.17. The van der Waals surface area contributed by atoms with Crippen LogP contribution in [0.3, 0.4) is 0 Å². The fraction of sp³-hybridized carbons (Fsp3) is 0.350. The predicted octanol–water partition coefficient (Wildman–Crippen LogP) is 4.39. The third-order valence-electron chi connectivity index (χ3n) is 5.10. The van der Waals surface area contributed by atoms with E-state index in [-0.39, 0.29) is 24.1 Å². The van der Waals surface area contributed by atoms with Gasteiger partial charge in [0, 0.05) is 24.2 Å². The Bertz CT molecular complexity index is 1110. The van der Waals surface area contributed by atoms with Gasteiger partial charge in [0.05, 0.1) is 16.0 Å². The molecule has 1 N–H and O–H groups in total. The molecular weight excluding hydrogens is 460 g/mol. The fourth-order valence-corrected chi connectivity index (χ4v) is 5.43. The minimum absolute atomic E-state index is 0.0533. The molecule has 0 aliphatic carbocycles. The molecule has 2 aromatic rings. The van der Waals surface area contributed by atoms with Crippen LogP contribution in [0, 0.1) is 12.7 Å². The fourth-order valence-electron chi connectivity index (χ4n) is 3.42. The maximum absolute atomic E-state index is 14.1. The van der Waals surface area contributed by atoms with Crippen LogP contribution in [0.5, 0.6) is 0 Å². The molecule has 1 aliphatic rings. The lowest BCUT2D eigenvalue weighted by Crippen LogP contribution is -2.49. The molecule has 0 radical (unpaired) electrons. The first kappa shape index (κ1) is 23.5. The Balaban J connectivity index is 1.75. The lowest BCUT2D eigenvalue weighted by molar-refractivity contribution is -0.137. The van der Waals surface area contributed by atoms with Crippen LogP contribution in [0.4, 0.5) is 17.6 Å². The highest BCUT2D eigenvalue weighted by Gasteiger charge is 2.34. The molecule has 1 aliphatic heterocycles. The van der Waals surface area contributed by atoms with Crippen LogP contribution in [0.2, 0.25) is 5.02 Å². The topological polar surface area (TPSA) is 66.5 Å². The number of benzene rings is 2. The van der Waals surface area contributed by atoms with Crippen molar-refractivity contribution < 1.29 is 30.8 Å². The zero-order chi connectivity index (χ0) is 23.0. The van der Waals surface area contributed by atoms with Gasteiger partial charge in [-0.15, -0.1) is 0 Å². The molecule has 2 aromatic carbocycles. The number of rotatable bonds is 4. The molecule has 0 spiro atoms. The Morgan fingerprint density at radius 2 is 1.94 bits per heavy atom. The minimum Gasteiger partial charge on any atom is -0.348 e. The number of piperidine rings is 1. The zero-order valence-electron chi connectivity index (χ0n) is 16.3. The summed E-state index contributed by atoms with van der Waals surface area (Å²) >= 11 is 6.03. The number of sulfonamides is 1. The molecule has 0 bridgehead atoms. The van der Waals surface area contributed by atoms with E-state index >= 15 is 0 Å². The van der Waals surface area contributed by atoms with Crippen LogP contribution in [0.1, 0.15) is 34.3 Å². The first-order valence-electron chi connectivity index (χ1n) is 9.34. The molecular formula is C20H19ClF4N2O3S. The third kappa shape index (κ3) is 5.02. The number of nitrogens with one attached hydrogen (secondary N) is 1. The van der Waals surface area contributed by atoms with Crippen molar-refractivity contribution >= 4 is 27.5 Å². The maximum Gasteiger partial charge on any atom is 0.416 e. The Labute approximate surface area is 182 Å². The molecule has 168 valence electrons. The molecule has 5 nitrogen and oxygen atoms in total. The maximum atomic E-state index is 14.1. The Kier molecular flexibility index (Phi) is 6.64. The van der Waals surface area contributed by atoms with Gasteiger partial charge in [-0.05, 0) is 55.7 Å². The highest BCUT2D eigenvalue weighted by molar-refractivity contribution is 7.89. The van der Waals surface area contributed by atoms with E-state index < -0.39 is 45.1 Å². The van der Waals surface area contributed by atoms with Crippen LogP contribution < -0.4 is 5.32 Å². The van der Waals surface area contributed by atoms with E-state index in [4.69, 9.17) is 11.6 Å². The van der Waals surface area contributed by atoms with Crippen molar-refractivity contribution in [2.75, 3.05) is 13.1 Å². The van der Waals surface area contributed by atoms with Gasteiger partial charge in [-0.1, -0.05) is 17.7 Å². The van der Waals surface area contributed by atoms with Crippen molar-refractivity contribution in [2.45, 2.75) is 36.9 Å². The van der Waals surface area contributed by atoms with E-state index in [0.717, 1.165) is 6.07 Å². The summed E-state index contributed by atoms with van der Waals surface area (Å²) in [5.74, 6) is -2.21. The van der Waals surface area contributed by atoms with E-state index in [1.807, 2.05) is 0 Å². The van der Waals surface area contributed by atoms with Crippen molar-refractivity contribution in [3.8, 4) is 0 Å². The molecule has 0 saturated carbocycles. The second-order valence-corrected chi connectivity index (χ2v) is 9.54. The molecule has 1 saturated heterocycles. The summed E-state index contributed by atoms with van der Waals surface area (Å²) in [5.41, 5.74) is -1.34. The smallest absolute Gasteiger partial charge is 0.348 e. The van der Waals surface area contributed by atoms with Gasteiger partial charge in [-0.2, -0.15) is 17.5 Å². The molecule has 1 heterocycles. The summed E-state index contributed by atoms with van der Waals surface area (Å²) in [6.07, 6.45) is -3.85. The van der Waals surface area contributed by atoms with Gasteiger partial charge in [-0.3, -0.25) is 4.79 Å². The van der Waals surface area contributed by atoms with Crippen LogP contribution >= 0.6 is 11.6 Å². The highest BCUT2D eigenvalue weighted by atomic mass is 35.5. The van der Waals surface area contributed by atoms with Crippen LogP contribution in [0.15, 0.2) is 41.3 Å². The number of nitrogens with zero attached hydrogens (tertiary/aromatic N) is 1. The van der Waals surface area contributed by atoms with Crippen molar-refractivity contribution in [3.05, 3.63) is 63.9 Å². The number of alkyl halides is 3. The largest absolute Gasteiger partial charge is 0.416 e. The summed E-state index contributed by atoms with van der Waals surface area (Å²) < 4.78 is 79.4. The summed E-state index contributed by atoms with van der Waals surface area (Å²) in [6, 6.07) is 5.56. The third-order valence-corrected chi connectivity index (χ3v) is 7.52. The number of amides is 1. The summed E-state index contributed by atoms with van der Waals surface area (Å²) in [5, 5.41) is 2.83. The van der Waals surface area contributed by atoms with Crippen LogP contribution in [-0.2, 0) is 16.2 Å². The van der Waals surface area contributed by atoms with Crippen LogP contribution in [0.25, 0.3) is 0 Å². The van der Waals surface area contributed by atoms with Crippen molar-refractivity contribution in [2.24, 2.45) is 0 Å². The summed E-state index contributed by atoms with van der Waals surface area (Å²) in [4.78, 5) is 12.5. The van der Waals surface area contributed by atoms with Gasteiger partial charge in [0.15, 0.2) is 0 Å². The molecule has 3 rings (SSSR count). The minimum atomic E-state index is -4.73. The van der Waals surface area contributed by atoms with E-state index in [2.05, 4.69) is 5.32 Å². The standard InChI is InChI=1S/C20H19ClF4N2O3S/c1-12-16(21)5-2-6-18(12)31(29,30)27-9-3-4-14(11-27)26-19(28)15-8-7-13(10-17(15)22)20(23,24)25/h2,5-8,10,14H,3-4,9,11H2,1H3,(H,26,28). The molecule has 0 aromatic heterocycles. The number of carbonyl (C=O) groups excluding carboxylic acids is 1. The van der Waals surface area contributed by atoms with E-state index in [0.29, 0.717) is 29.5 Å². The first-order valence-corrected chi connectivity index (χ1v) is 11.2. The van der Waals surface area contributed by atoms with Gasteiger partial charge in [0.25, 0.3) is 5.91 Å². The average molecular weight is 479 g/mol. The van der Waals surface area contributed by atoms with Crippen molar-refractivity contribution in [3.63, 3.8) is 0 Å². The quantitative estimate of drug-likeness (QED) is 0.663. The van der Waals surface area contributed by atoms with Crippen molar-refractivity contribution in [1.29, 1.82) is 0 Å². The normalized spacial score (nSPS) is 18.1. The highest BCUT2D eigenvalue weighted by Crippen LogP contribution is 2.30. The van der Waals surface area contributed by atoms with E-state index in [1.165, 1.54) is 16.4 Å². The average Bonchev–Trinajstić information content (AvgIpc) is 2.69. The first-order chi connectivity index (χ1) is 14.4. The molecule has 31 heavy (non-hydrogen) atoms. The zero-order valence-corrected chi connectivity index (χ0v) is 17.9. The Morgan fingerprint density at radius 1 is 1.23 bits per heavy atom. The second-order valence-electron chi connectivity index (χ2n) is 7.23. The van der Waals surface area contributed by atoms with Crippen LogP contribution in [-0.4, -0.2) is 37.8 Å². The van der Waals surface area contributed by atoms with E-state index in [9.17, 15) is 30.8 Å². The summed E-state index contributed by atoms with van der Waals surface area (Å²) in [6.45, 7) is 1.77. The lowest BCUT2D eigenvalue weighted by atomic mass is 10.1. The second kappa shape index (κ2) is 8.76. The lowest BCUT2D eigenvalue weighted by Gasteiger charge is -2.32. The molecule has 1 fully saturated rings. The van der Waals surface area contributed by atoms with Gasteiger partial charge in [0.1, 0.15) is 5.82 Å². The predicted molar refractivity (Wildman–Crippen MR) is 107 cm³/mol. The molecule has 11 heteroatoms. The Morgan fingerprint density at radius 3 is 2.58 bits per heavy atom. The SMILES string of the molecule is Cc1c(Cl)cccc1S(=O)(=O)N1CCCC(NC(=O)c2ccc(C(F)(F)F)cc2F)C1. The number of hydrogen-bond donors (Lipinski definition) is 1. The number of carbonyl (C=O) groups is 1. The van der Waals surface area contributed by atoms with Crippen molar-refractivity contribution in [1.82, 2.24) is 9.62 Å². The number of hydrogen-bond acceptors (Lipinski definition) is 3. The molecule has 1 unspecified atom stereocenters. The van der Waals surface area contributed by atoms with Gasteiger partial charge >= 0.3 is 6.18 Å².